The van der Waals surface area contributed by atoms with Gasteiger partial charge >= 0.3 is 0 Å². The van der Waals surface area contributed by atoms with Crippen molar-refractivity contribution < 1.29 is 9.13 Å². The normalized spacial score (nSPS) is 11.9. The maximum atomic E-state index is 14.3. The molecule has 0 atom stereocenters. The highest BCUT2D eigenvalue weighted by Crippen LogP contribution is 2.23. The zero-order valence-electron chi connectivity index (χ0n) is 13.4. The van der Waals surface area contributed by atoms with Crippen molar-refractivity contribution in [2.24, 2.45) is 0 Å². The zero-order chi connectivity index (χ0) is 16.3. The molecule has 0 spiro atoms. The summed E-state index contributed by atoms with van der Waals surface area (Å²) >= 11 is 3.32. The quantitative estimate of drug-likeness (QED) is 0.543. The Morgan fingerprint density at radius 3 is 2.64 bits per heavy atom. The minimum Gasteiger partial charge on any atom is -0.360 e. The molecule has 4 nitrogen and oxygen atoms in total. The van der Waals surface area contributed by atoms with Crippen molar-refractivity contribution in [2.45, 2.75) is 39.3 Å². The number of ether oxygens (including phenoxy) is 1. The Morgan fingerprint density at radius 1 is 1.32 bits per heavy atom. The van der Waals surface area contributed by atoms with Crippen LogP contribution < -0.4 is 0 Å². The molecule has 2 rings (SSSR count). The van der Waals surface area contributed by atoms with Crippen molar-refractivity contribution in [1.29, 1.82) is 0 Å². The van der Waals surface area contributed by atoms with Crippen LogP contribution in [0.1, 0.15) is 5.69 Å². The van der Waals surface area contributed by atoms with Crippen LogP contribution in [0.25, 0.3) is 11.4 Å². The van der Waals surface area contributed by atoms with Crippen molar-refractivity contribution in [2.75, 3.05) is 6.61 Å². The van der Waals surface area contributed by atoms with Crippen LogP contribution in [0, 0.1) is 12.7 Å². The summed E-state index contributed by atoms with van der Waals surface area (Å²) in [5, 5.41) is 4.29. The van der Waals surface area contributed by atoms with Crippen LogP contribution in [-0.4, -0.2) is 29.4 Å². The lowest BCUT2D eigenvalue weighted by molar-refractivity contribution is 0.0769. The summed E-state index contributed by atoms with van der Waals surface area (Å²) < 4.78 is 22.4. The van der Waals surface area contributed by atoms with E-state index in [4.69, 9.17) is 4.74 Å². The van der Waals surface area contributed by atoms with E-state index in [1.54, 1.807) is 23.9 Å². The number of pyridine rings is 1. The minimum atomic E-state index is -1.12. The Hall–Kier alpha value is -1.05. The molecule has 0 fully saturated rings. The van der Waals surface area contributed by atoms with E-state index >= 15 is 0 Å². The van der Waals surface area contributed by atoms with Crippen LogP contribution in [0.2, 0.25) is 25.7 Å². The second kappa shape index (κ2) is 7.02. The van der Waals surface area contributed by atoms with Gasteiger partial charge in [0.1, 0.15) is 12.4 Å². The number of hydrogen-bond donors (Lipinski definition) is 0. The van der Waals surface area contributed by atoms with Gasteiger partial charge in [0, 0.05) is 25.4 Å². The van der Waals surface area contributed by atoms with Gasteiger partial charge in [-0.3, -0.25) is 4.98 Å². The van der Waals surface area contributed by atoms with E-state index in [0.717, 1.165) is 10.5 Å². The number of nitrogens with zero attached hydrogens (tertiary/aromatic N) is 3. The molecule has 2 aromatic heterocycles. The largest absolute Gasteiger partial charge is 0.360 e. The number of halogens is 2. The van der Waals surface area contributed by atoms with Crippen LogP contribution in [0.15, 0.2) is 22.8 Å². The van der Waals surface area contributed by atoms with Gasteiger partial charge in [-0.2, -0.15) is 5.10 Å². The van der Waals surface area contributed by atoms with E-state index in [1.165, 1.54) is 0 Å². The highest BCUT2D eigenvalue weighted by atomic mass is 79.9. The smallest absolute Gasteiger partial charge is 0.173 e. The fraction of sp³-hybridized carbons (Fsp3) is 0.467. The predicted octanol–water partition coefficient (Wildman–Crippen LogP) is 4.47. The Bertz CT molecular complexity index is 637. The van der Waals surface area contributed by atoms with Gasteiger partial charge < -0.3 is 4.74 Å². The van der Waals surface area contributed by atoms with Crippen molar-refractivity contribution in [3.8, 4) is 11.4 Å². The molecule has 7 heteroatoms. The molecule has 0 saturated carbocycles. The first kappa shape index (κ1) is 17.3. The highest BCUT2D eigenvalue weighted by Gasteiger charge is 2.17. The third kappa shape index (κ3) is 4.47. The molecule has 0 aromatic carbocycles. The summed E-state index contributed by atoms with van der Waals surface area (Å²) in [5.74, 6) is -0.344. The molecule has 120 valence electrons. The topological polar surface area (TPSA) is 39.9 Å². The van der Waals surface area contributed by atoms with Gasteiger partial charge in [0.25, 0.3) is 0 Å². The Morgan fingerprint density at radius 2 is 2.05 bits per heavy atom. The number of aromatic nitrogens is 3. The van der Waals surface area contributed by atoms with Gasteiger partial charge in [0.15, 0.2) is 5.82 Å². The van der Waals surface area contributed by atoms with Crippen LogP contribution in [0.4, 0.5) is 4.39 Å². The first-order chi connectivity index (χ1) is 10.3. The zero-order valence-corrected chi connectivity index (χ0v) is 15.9. The molecule has 0 aliphatic carbocycles. The summed E-state index contributed by atoms with van der Waals surface area (Å²) in [6.07, 6.45) is 1.63. The van der Waals surface area contributed by atoms with Gasteiger partial charge in [-0.25, -0.2) is 9.07 Å². The second-order valence-electron chi connectivity index (χ2n) is 6.46. The van der Waals surface area contributed by atoms with E-state index in [1.807, 2.05) is 6.07 Å². The maximum Gasteiger partial charge on any atom is 0.173 e. The molecule has 0 bridgehead atoms. The molecular formula is C15H21BrFN3OSi. The summed E-state index contributed by atoms with van der Waals surface area (Å²) in [5.41, 5.74) is 1.25. The van der Waals surface area contributed by atoms with Crippen molar-refractivity contribution in [3.63, 3.8) is 0 Å². The van der Waals surface area contributed by atoms with Crippen LogP contribution in [0.3, 0.4) is 0 Å². The summed E-state index contributed by atoms with van der Waals surface area (Å²) in [6, 6.07) is 4.64. The SMILES string of the molecule is Cc1c(F)c(-c2ccc(Br)cn2)nn1COCC[Si](C)(C)C. The van der Waals surface area contributed by atoms with E-state index in [0.29, 0.717) is 18.0 Å². The van der Waals surface area contributed by atoms with Gasteiger partial charge in [0.2, 0.25) is 0 Å². The molecule has 0 aliphatic rings. The standard InChI is InChI=1S/C15H21BrFN3OSi/c1-11-14(17)15(13-6-5-12(16)9-18-13)19-20(11)10-21-7-8-22(2,3)4/h5-6,9H,7-8,10H2,1-4H3. The third-order valence-electron chi connectivity index (χ3n) is 3.31. The van der Waals surface area contributed by atoms with Crippen molar-refractivity contribution in [1.82, 2.24) is 14.8 Å². The van der Waals surface area contributed by atoms with E-state index in [-0.39, 0.29) is 18.2 Å². The average Bonchev–Trinajstić information content (AvgIpc) is 2.72. The first-order valence-electron chi connectivity index (χ1n) is 7.20. The third-order valence-corrected chi connectivity index (χ3v) is 5.49. The second-order valence-corrected chi connectivity index (χ2v) is 13.0. The highest BCUT2D eigenvalue weighted by molar-refractivity contribution is 9.10. The molecule has 0 N–H and O–H groups in total. The first-order valence-corrected chi connectivity index (χ1v) is 11.7. The fourth-order valence-corrected chi connectivity index (χ4v) is 2.85. The molecule has 0 amide bonds. The van der Waals surface area contributed by atoms with Crippen molar-refractivity contribution >= 4 is 24.0 Å². The van der Waals surface area contributed by atoms with Crippen molar-refractivity contribution in [3.05, 3.63) is 34.3 Å². The lowest BCUT2D eigenvalue weighted by atomic mass is 10.2. The summed E-state index contributed by atoms with van der Waals surface area (Å²) in [7, 11) is -1.12. The van der Waals surface area contributed by atoms with Gasteiger partial charge in [-0.05, 0) is 41.0 Å². The Balaban J connectivity index is 2.08. The summed E-state index contributed by atoms with van der Waals surface area (Å²) in [4.78, 5) is 4.19. The molecule has 2 aromatic rings. The number of rotatable bonds is 6. The monoisotopic (exact) mass is 385 g/mol. The maximum absolute atomic E-state index is 14.3. The average molecular weight is 386 g/mol. The van der Waals surface area contributed by atoms with Crippen LogP contribution in [0.5, 0.6) is 0 Å². The van der Waals surface area contributed by atoms with Crippen LogP contribution >= 0.6 is 15.9 Å². The van der Waals surface area contributed by atoms with E-state index < -0.39 is 8.07 Å². The lowest BCUT2D eigenvalue weighted by Crippen LogP contribution is -2.22. The number of hydrogen-bond acceptors (Lipinski definition) is 3. The van der Waals surface area contributed by atoms with Gasteiger partial charge in [0.05, 0.1) is 11.4 Å². The van der Waals surface area contributed by atoms with Gasteiger partial charge in [-0.15, -0.1) is 0 Å². The molecule has 0 saturated heterocycles. The molecule has 22 heavy (non-hydrogen) atoms. The van der Waals surface area contributed by atoms with Gasteiger partial charge in [-0.1, -0.05) is 19.6 Å². The van der Waals surface area contributed by atoms with Crippen LogP contribution in [-0.2, 0) is 11.5 Å². The molecule has 2 heterocycles. The summed E-state index contributed by atoms with van der Waals surface area (Å²) in [6.45, 7) is 9.55. The molecule has 0 unspecified atom stereocenters. The van der Waals surface area contributed by atoms with E-state index in [2.05, 4.69) is 45.7 Å². The Kier molecular flexibility index (Phi) is 5.52. The molecule has 0 aliphatic heterocycles. The van der Waals surface area contributed by atoms with E-state index in [9.17, 15) is 4.39 Å². The minimum absolute atomic E-state index is 0.263. The Labute approximate surface area is 139 Å². The molecule has 0 radical (unpaired) electrons. The predicted molar refractivity (Wildman–Crippen MR) is 92.0 cm³/mol. The lowest BCUT2D eigenvalue weighted by Gasteiger charge is -2.15. The fourth-order valence-electron chi connectivity index (χ4n) is 1.86. The molecular weight excluding hydrogens is 365 g/mol.